The molecule has 12 nitrogen and oxygen atoms in total. The number of nitrogens with zero attached hydrogens (tertiary/aromatic N) is 6. The number of benzene rings is 6. The molecule has 2 aliphatic rings. The number of aromatic nitrogens is 4. The second kappa shape index (κ2) is 12.7. The first-order valence-corrected chi connectivity index (χ1v) is 18.0. The van der Waals surface area contributed by atoms with Gasteiger partial charge in [-0.25, -0.2) is 9.97 Å². The fourth-order valence-corrected chi connectivity index (χ4v) is 7.54. The summed E-state index contributed by atoms with van der Waals surface area (Å²) in [6.45, 7) is 0. The number of fused-ring (bicyclic) bond motifs is 4. The Morgan fingerprint density at radius 2 is 0.719 bits per heavy atom. The molecule has 0 atom stereocenters. The molecule has 4 heterocycles. The van der Waals surface area contributed by atoms with Gasteiger partial charge in [-0.05, 0) is 66.1 Å². The molecule has 272 valence electrons. The highest BCUT2D eigenvalue weighted by Crippen LogP contribution is 2.28. The monoisotopic (exact) mass is 746 g/mol. The Labute approximate surface area is 322 Å². The number of carbonyl (C=O) groups is 4. The molecular weight excluding hydrogens is 721 g/mol. The molecule has 2 aromatic heterocycles. The second-order valence-electron chi connectivity index (χ2n) is 13.7. The van der Waals surface area contributed by atoms with Gasteiger partial charge in [-0.2, -0.15) is 19.4 Å². The van der Waals surface area contributed by atoms with Crippen molar-refractivity contribution in [2.45, 2.75) is 6.42 Å². The van der Waals surface area contributed by atoms with Gasteiger partial charge in [-0.15, -0.1) is 0 Å². The van der Waals surface area contributed by atoms with E-state index < -0.39 is 34.7 Å². The fraction of sp³-hybridized carbons (Fsp3) is 0.0222. The van der Waals surface area contributed by atoms with Gasteiger partial charge in [0, 0.05) is 11.1 Å². The maximum Gasteiger partial charge on any atom is 0.281 e. The Bertz CT molecular complexity index is 2910. The summed E-state index contributed by atoms with van der Waals surface area (Å²) in [5.41, 5.74) is 2.65. The molecule has 0 bridgehead atoms. The lowest BCUT2D eigenvalue weighted by molar-refractivity contribution is 0.0869. The molecule has 8 aromatic rings. The molecule has 0 saturated carbocycles. The third-order valence-electron chi connectivity index (χ3n) is 10.2. The molecule has 4 amide bonds. The van der Waals surface area contributed by atoms with Crippen LogP contribution >= 0.6 is 0 Å². The van der Waals surface area contributed by atoms with Crippen LogP contribution < -0.4 is 21.1 Å². The topological polar surface area (TPSA) is 145 Å². The van der Waals surface area contributed by atoms with Gasteiger partial charge in [0.15, 0.2) is 11.6 Å². The average molecular weight is 747 g/mol. The summed E-state index contributed by atoms with van der Waals surface area (Å²) in [6.07, 6.45) is 0.256. The Kier molecular flexibility index (Phi) is 7.48. The number of carbonyl (C=O) groups excluding carboxylic acids is 4. The highest BCUT2D eigenvalue weighted by atomic mass is 16.2. The van der Waals surface area contributed by atoms with E-state index in [1.807, 2.05) is 24.3 Å². The number of rotatable bonds is 6. The lowest BCUT2D eigenvalue weighted by atomic mass is 10.0. The van der Waals surface area contributed by atoms with E-state index in [0.717, 1.165) is 19.4 Å². The van der Waals surface area contributed by atoms with E-state index in [1.54, 1.807) is 121 Å². The molecule has 0 spiro atoms. The number of imide groups is 2. The first-order chi connectivity index (χ1) is 27.8. The molecule has 6 aromatic carbocycles. The van der Waals surface area contributed by atoms with Gasteiger partial charge >= 0.3 is 0 Å². The summed E-state index contributed by atoms with van der Waals surface area (Å²) < 4.78 is 2.08. The molecule has 12 heteroatoms. The van der Waals surface area contributed by atoms with Crippen LogP contribution in [-0.2, 0) is 6.42 Å². The predicted octanol–water partition coefficient (Wildman–Crippen LogP) is 5.90. The molecule has 57 heavy (non-hydrogen) atoms. The van der Waals surface area contributed by atoms with Gasteiger partial charge in [0.05, 0.1) is 44.1 Å². The zero-order valence-corrected chi connectivity index (χ0v) is 29.7. The molecule has 0 radical (unpaired) electrons. The third-order valence-corrected chi connectivity index (χ3v) is 10.2. The fourth-order valence-electron chi connectivity index (χ4n) is 7.54. The van der Waals surface area contributed by atoms with Gasteiger partial charge in [0.1, 0.15) is 0 Å². The maximum atomic E-state index is 14.5. The molecule has 10 rings (SSSR count). The highest BCUT2D eigenvalue weighted by Gasteiger charge is 2.40. The summed E-state index contributed by atoms with van der Waals surface area (Å²) in [7, 11) is 0. The van der Waals surface area contributed by atoms with Crippen LogP contribution in [0.5, 0.6) is 0 Å². The van der Waals surface area contributed by atoms with Crippen LogP contribution in [0.3, 0.4) is 0 Å². The number of hydrogen-bond acceptors (Lipinski definition) is 8. The molecule has 0 aliphatic carbocycles. The van der Waals surface area contributed by atoms with E-state index in [9.17, 15) is 28.8 Å². The van der Waals surface area contributed by atoms with Gasteiger partial charge in [-0.3, -0.25) is 28.8 Å². The van der Waals surface area contributed by atoms with Gasteiger partial charge < -0.3 is 0 Å². The SMILES string of the molecule is O=C1c2ccccc2C(=O)N1n1c(-c2ccccc2)nc2ccc(Cc3ccc4nc(-c5ccccc5)n(N5C(=O)c6ccccc6C5=O)c(=O)c4c3)cc2c1=O. The Hall–Kier alpha value is -8.12. The summed E-state index contributed by atoms with van der Waals surface area (Å²) in [5.74, 6) is -2.31. The largest absolute Gasteiger partial charge is 0.281 e. The van der Waals surface area contributed by atoms with Crippen LogP contribution in [-0.4, -0.2) is 42.9 Å². The van der Waals surface area contributed by atoms with E-state index in [2.05, 4.69) is 0 Å². The van der Waals surface area contributed by atoms with Gasteiger partial charge in [0.2, 0.25) is 0 Å². The molecule has 2 aliphatic heterocycles. The second-order valence-corrected chi connectivity index (χ2v) is 13.7. The lowest BCUT2D eigenvalue weighted by Gasteiger charge is -2.21. The molecule has 0 fully saturated rings. The van der Waals surface area contributed by atoms with E-state index in [-0.39, 0.29) is 51.1 Å². The minimum absolute atomic E-state index is 0.126. The van der Waals surface area contributed by atoms with Crippen molar-refractivity contribution in [1.82, 2.24) is 19.3 Å². The van der Waals surface area contributed by atoms with Crippen molar-refractivity contribution >= 4 is 45.4 Å². The summed E-state index contributed by atoms with van der Waals surface area (Å²) >= 11 is 0. The van der Waals surface area contributed by atoms with Crippen LogP contribution in [0.4, 0.5) is 0 Å². The van der Waals surface area contributed by atoms with Crippen molar-refractivity contribution in [1.29, 1.82) is 0 Å². The Morgan fingerprint density at radius 3 is 1.07 bits per heavy atom. The van der Waals surface area contributed by atoms with Crippen molar-refractivity contribution < 1.29 is 19.2 Å². The Morgan fingerprint density at radius 1 is 0.386 bits per heavy atom. The third kappa shape index (κ3) is 5.15. The molecule has 0 unspecified atom stereocenters. The van der Waals surface area contributed by atoms with Crippen molar-refractivity contribution in [3.8, 4) is 22.8 Å². The summed E-state index contributed by atoms with van der Waals surface area (Å²) in [5, 5.41) is 2.03. The van der Waals surface area contributed by atoms with E-state index in [0.29, 0.717) is 33.3 Å². The first kappa shape index (κ1) is 33.4. The van der Waals surface area contributed by atoms with Crippen LogP contribution in [0, 0.1) is 0 Å². The van der Waals surface area contributed by atoms with Crippen LogP contribution in [0.1, 0.15) is 52.6 Å². The van der Waals surface area contributed by atoms with E-state index >= 15 is 0 Å². The van der Waals surface area contributed by atoms with Crippen molar-refractivity contribution in [2.75, 3.05) is 10.0 Å². The molecular formula is C45H26N6O6. The Balaban J connectivity index is 1.09. The normalized spacial score (nSPS) is 13.5. The highest BCUT2D eigenvalue weighted by molar-refractivity contribution is 6.31. The van der Waals surface area contributed by atoms with Crippen LogP contribution in [0.25, 0.3) is 44.6 Å². The van der Waals surface area contributed by atoms with Crippen LogP contribution in [0.15, 0.2) is 155 Å². The first-order valence-electron chi connectivity index (χ1n) is 18.0. The van der Waals surface area contributed by atoms with E-state index in [1.165, 1.54) is 0 Å². The minimum atomic E-state index is -0.640. The lowest BCUT2D eigenvalue weighted by Crippen LogP contribution is -2.47. The standard InChI is InChI=1S/C45H26N6O6/c52-40-30-15-7-8-16-31(30)41(53)50(40)48-38(28-11-3-1-4-12-28)46-36-21-19-26(24-34(36)44(48)56)23-27-20-22-37-35(25-27)45(57)49(39(47-37)29-13-5-2-6-14-29)51-42(54)32-17-9-10-18-33(32)43(51)55/h1-22,24-25H,23H2. The molecule has 0 N–H and O–H groups in total. The zero-order valence-electron chi connectivity index (χ0n) is 29.7. The van der Waals surface area contributed by atoms with Crippen molar-refractivity contribution in [3.05, 3.63) is 200 Å². The average Bonchev–Trinajstić information content (AvgIpc) is 3.65. The quantitative estimate of drug-likeness (QED) is 0.192. The summed E-state index contributed by atoms with van der Waals surface area (Å²) in [4.78, 5) is 93.2. The smallest absolute Gasteiger partial charge is 0.267 e. The number of amides is 4. The van der Waals surface area contributed by atoms with E-state index in [4.69, 9.17) is 9.97 Å². The summed E-state index contributed by atoms with van der Waals surface area (Å²) in [6, 6.07) is 40.9. The van der Waals surface area contributed by atoms with Crippen LogP contribution in [0.2, 0.25) is 0 Å². The van der Waals surface area contributed by atoms with Gasteiger partial charge in [0.25, 0.3) is 34.7 Å². The maximum absolute atomic E-state index is 14.5. The van der Waals surface area contributed by atoms with Crippen molar-refractivity contribution in [3.63, 3.8) is 0 Å². The zero-order chi connectivity index (χ0) is 38.9. The predicted molar refractivity (Wildman–Crippen MR) is 212 cm³/mol. The van der Waals surface area contributed by atoms with Crippen molar-refractivity contribution in [2.24, 2.45) is 0 Å². The number of hydrogen-bond donors (Lipinski definition) is 0. The molecule has 0 saturated heterocycles. The minimum Gasteiger partial charge on any atom is -0.267 e. The van der Waals surface area contributed by atoms with Gasteiger partial charge in [-0.1, -0.05) is 97.1 Å².